The predicted octanol–water partition coefficient (Wildman–Crippen LogP) is 1.93. The van der Waals surface area contributed by atoms with Gasteiger partial charge in [-0.25, -0.2) is 0 Å². The van der Waals surface area contributed by atoms with E-state index >= 15 is 0 Å². The fourth-order valence-electron chi connectivity index (χ4n) is 3.56. The van der Waals surface area contributed by atoms with Crippen molar-refractivity contribution in [3.8, 4) is 0 Å². The molecule has 1 saturated carbocycles. The maximum atomic E-state index is 3.69. The lowest BCUT2D eigenvalue weighted by Gasteiger charge is -2.38. The number of likely N-dealkylation sites (tertiary alicyclic amines) is 1. The molecule has 0 aromatic rings. The van der Waals surface area contributed by atoms with E-state index in [1.165, 1.54) is 58.2 Å². The Morgan fingerprint density at radius 3 is 2.50 bits per heavy atom. The van der Waals surface area contributed by atoms with E-state index in [1.807, 2.05) is 0 Å². The molecule has 0 aromatic heterocycles. The van der Waals surface area contributed by atoms with Gasteiger partial charge in [0.1, 0.15) is 0 Å². The largest absolute Gasteiger partial charge is 0.314 e. The van der Waals surface area contributed by atoms with Crippen LogP contribution in [0.3, 0.4) is 0 Å². The first-order chi connectivity index (χ1) is 8.70. The molecule has 106 valence electrons. The molecule has 0 amide bonds. The Balaban J connectivity index is 1.74. The summed E-state index contributed by atoms with van der Waals surface area (Å²) in [4.78, 5) is 5.16. The first kappa shape index (κ1) is 14.3. The van der Waals surface area contributed by atoms with Crippen molar-refractivity contribution in [2.45, 2.75) is 63.6 Å². The van der Waals surface area contributed by atoms with Gasteiger partial charge in [-0.2, -0.15) is 0 Å². The Bertz CT molecular complexity index is 236. The highest BCUT2D eigenvalue weighted by Gasteiger charge is 2.31. The molecule has 3 nitrogen and oxygen atoms in total. The Morgan fingerprint density at radius 2 is 1.83 bits per heavy atom. The van der Waals surface area contributed by atoms with Gasteiger partial charge in [-0.3, -0.25) is 0 Å². The average molecular weight is 253 g/mol. The second-order valence-electron chi connectivity index (χ2n) is 6.32. The summed E-state index contributed by atoms with van der Waals surface area (Å²) in [6, 6.07) is 2.44. The molecule has 1 aliphatic carbocycles. The molecular weight excluding hydrogens is 222 g/mol. The third-order valence-electron chi connectivity index (χ3n) is 4.93. The minimum Gasteiger partial charge on any atom is -0.314 e. The molecule has 1 aliphatic heterocycles. The molecule has 2 fully saturated rings. The van der Waals surface area contributed by atoms with E-state index in [1.54, 1.807) is 0 Å². The molecular formula is C15H31N3. The fraction of sp³-hybridized carbons (Fsp3) is 1.00. The highest BCUT2D eigenvalue weighted by molar-refractivity contribution is 4.89. The van der Waals surface area contributed by atoms with Gasteiger partial charge in [0.2, 0.25) is 0 Å². The smallest absolute Gasteiger partial charge is 0.0119 e. The molecule has 2 unspecified atom stereocenters. The lowest BCUT2D eigenvalue weighted by Crippen LogP contribution is -2.46. The lowest BCUT2D eigenvalue weighted by molar-refractivity contribution is 0.108. The number of rotatable bonds is 5. The van der Waals surface area contributed by atoms with Crippen molar-refractivity contribution < 1.29 is 0 Å². The van der Waals surface area contributed by atoms with E-state index in [2.05, 4.69) is 36.1 Å². The van der Waals surface area contributed by atoms with Crippen molar-refractivity contribution >= 4 is 0 Å². The van der Waals surface area contributed by atoms with Gasteiger partial charge in [0, 0.05) is 18.1 Å². The average Bonchev–Trinajstić information content (AvgIpc) is 2.85. The molecule has 2 atom stereocenters. The van der Waals surface area contributed by atoms with Gasteiger partial charge >= 0.3 is 0 Å². The maximum absolute atomic E-state index is 3.69. The van der Waals surface area contributed by atoms with Crippen LogP contribution in [0.1, 0.15) is 45.4 Å². The summed E-state index contributed by atoms with van der Waals surface area (Å²) >= 11 is 0. The van der Waals surface area contributed by atoms with E-state index in [-0.39, 0.29) is 0 Å². The van der Waals surface area contributed by atoms with Crippen LogP contribution in [0.25, 0.3) is 0 Å². The van der Waals surface area contributed by atoms with Gasteiger partial charge in [-0.05, 0) is 72.3 Å². The number of piperidine rings is 1. The van der Waals surface area contributed by atoms with E-state index in [0.29, 0.717) is 0 Å². The summed E-state index contributed by atoms with van der Waals surface area (Å²) in [6.45, 7) is 6.00. The van der Waals surface area contributed by atoms with Gasteiger partial charge in [0.05, 0.1) is 0 Å². The summed E-state index contributed by atoms with van der Waals surface area (Å²) in [7, 11) is 4.61. The fourth-order valence-corrected chi connectivity index (χ4v) is 3.56. The second-order valence-corrected chi connectivity index (χ2v) is 6.32. The summed E-state index contributed by atoms with van der Waals surface area (Å²) < 4.78 is 0. The van der Waals surface area contributed by atoms with Crippen molar-refractivity contribution in [1.29, 1.82) is 0 Å². The zero-order chi connectivity index (χ0) is 13.0. The number of nitrogens with zero attached hydrogens (tertiary/aromatic N) is 2. The summed E-state index contributed by atoms with van der Waals surface area (Å²) in [6.07, 6.45) is 8.10. The SMILES string of the molecule is CCCNC1CCC(N(C)C2CCN(C)CC2)C1. The third-order valence-corrected chi connectivity index (χ3v) is 4.93. The maximum Gasteiger partial charge on any atom is 0.0119 e. The van der Waals surface area contributed by atoms with Crippen molar-refractivity contribution in [2.75, 3.05) is 33.7 Å². The monoisotopic (exact) mass is 253 g/mol. The minimum atomic E-state index is 0.781. The zero-order valence-electron chi connectivity index (χ0n) is 12.5. The van der Waals surface area contributed by atoms with E-state index in [9.17, 15) is 0 Å². The van der Waals surface area contributed by atoms with E-state index < -0.39 is 0 Å². The van der Waals surface area contributed by atoms with Crippen molar-refractivity contribution in [3.63, 3.8) is 0 Å². The van der Waals surface area contributed by atoms with Gasteiger partial charge in [-0.1, -0.05) is 6.92 Å². The molecule has 18 heavy (non-hydrogen) atoms. The van der Waals surface area contributed by atoms with Gasteiger partial charge in [0.25, 0.3) is 0 Å². The van der Waals surface area contributed by atoms with E-state index in [4.69, 9.17) is 0 Å². The van der Waals surface area contributed by atoms with Gasteiger partial charge < -0.3 is 15.1 Å². The Hall–Kier alpha value is -0.120. The number of hydrogen-bond donors (Lipinski definition) is 1. The van der Waals surface area contributed by atoms with Crippen LogP contribution < -0.4 is 5.32 Å². The van der Waals surface area contributed by atoms with Crippen molar-refractivity contribution in [1.82, 2.24) is 15.1 Å². The topological polar surface area (TPSA) is 18.5 Å². The number of hydrogen-bond acceptors (Lipinski definition) is 3. The molecule has 2 rings (SSSR count). The Morgan fingerprint density at radius 1 is 1.11 bits per heavy atom. The Kier molecular flexibility index (Phi) is 5.46. The molecule has 0 bridgehead atoms. The second kappa shape index (κ2) is 6.88. The molecule has 2 aliphatic rings. The molecule has 0 spiro atoms. The van der Waals surface area contributed by atoms with Crippen LogP contribution in [0, 0.1) is 0 Å². The van der Waals surface area contributed by atoms with Crippen LogP contribution in [0.2, 0.25) is 0 Å². The summed E-state index contributed by atoms with van der Waals surface area (Å²) in [5.41, 5.74) is 0. The standard InChI is InChI=1S/C15H31N3/c1-4-9-16-13-5-6-15(12-13)18(3)14-7-10-17(2)11-8-14/h13-16H,4-12H2,1-3H3. The van der Waals surface area contributed by atoms with Crippen LogP contribution in [0.4, 0.5) is 0 Å². The van der Waals surface area contributed by atoms with Crippen LogP contribution in [0.5, 0.6) is 0 Å². The third kappa shape index (κ3) is 3.69. The van der Waals surface area contributed by atoms with Crippen LogP contribution >= 0.6 is 0 Å². The van der Waals surface area contributed by atoms with Crippen LogP contribution in [-0.2, 0) is 0 Å². The van der Waals surface area contributed by atoms with Crippen molar-refractivity contribution in [2.24, 2.45) is 0 Å². The molecule has 0 radical (unpaired) electrons. The molecule has 3 heteroatoms. The first-order valence-corrected chi connectivity index (χ1v) is 7.84. The predicted molar refractivity (Wildman–Crippen MR) is 78.0 cm³/mol. The summed E-state index contributed by atoms with van der Waals surface area (Å²) in [5.74, 6) is 0. The normalized spacial score (nSPS) is 31.3. The molecule has 1 N–H and O–H groups in total. The highest BCUT2D eigenvalue weighted by atomic mass is 15.2. The number of nitrogens with one attached hydrogen (secondary N) is 1. The van der Waals surface area contributed by atoms with Crippen molar-refractivity contribution in [3.05, 3.63) is 0 Å². The molecule has 1 heterocycles. The quantitative estimate of drug-likeness (QED) is 0.808. The highest BCUT2D eigenvalue weighted by Crippen LogP contribution is 2.27. The minimum absolute atomic E-state index is 0.781. The molecule has 0 aromatic carbocycles. The van der Waals surface area contributed by atoms with Crippen LogP contribution in [0.15, 0.2) is 0 Å². The Labute approximate surface area is 113 Å². The lowest BCUT2D eigenvalue weighted by atomic mass is 10.0. The van der Waals surface area contributed by atoms with Crippen LogP contribution in [-0.4, -0.2) is 61.7 Å². The zero-order valence-corrected chi connectivity index (χ0v) is 12.5. The molecule has 1 saturated heterocycles. The van der Waals surface area contributed by atoms with Gasteiger partial charge in [0.15, 0.2) is 0 Å². The summed E-state index contributed by atoms with van der Waals surface area (Å²) in [5, 5.41) is 3.69. The first-order valence-electron chi connectivity index (χ1n) is 7.84. The van der Waals surface area contributed by atoms with E-state index in [0.717, 1.165) is 18.1 Å². The van der Waals surface area contributed by atoms with Gasteiger partial charge in [-0.15, -0.1) is 0 Å².